The second kappa shape index (κ2) is 8.08. The summed E-state index contributed by atoms with van der Waals surface area (Å²) in [5.74, 6) is 0.890. The maximum atomic E-state index is 13.1. The molecule has 1 aliphatic heterocycles. The van der Waals surface area contributed by atoms with Crippen LogP contribution in [0.25, 0.3) is 21.6 Å². The summed E-state index contributed by atoms with van der Waals surface area (Å²) in [6.07, 6.45) is 2.55. The summed E-state index contributed by atoms with van der Waals surface area (Å²) in [5, 5.41) is 1.41. The number of aromatic nitrogens is 3. The number of halogens is 1. The molecule has 1 saturated heterocycles. The van der Waals surface area contributed by atoms with Crippen molar-refractivity contribution in [1.29, 1.82) is 0 Å². The molecule has 3 heterocycles. The summed E-state index contributed by atoms with van der Waals surface area (Å²) in [5.41, 5.74) is 2.85. The number of hydrogen-bond acceptors (Lipinski definition) is 5. The Morgan fingerprint density at radius 2 is 1.87 bits per heavy atom. The van der Waals surface area contributed by atoms with Crippen LogP contribution in [0, 0.1) is 0 Å². The number of H-pyrrole nitrogens is 1. The smallest absolute Gasteiger partial charge is 0.265 e. The summed E-state index contributed by atoms with van der Waals surface area (Å²) in [4.78, 5) is 30.4. The van der Waals surface area contributed by atoms with E-state index in [1.807, 2.05) is 53.4 Å². The third-order valence-corrected chi connectivity index (χ3v) is 6.63. The highest BCUT2D eigenvalue weighted by atomic mass is 35.5. The van der Waals surface area contributed by atoms with E-state index >= 15 is 0 Å². The van der Waals surface area contributed by atoms with E-state index in [9.17, 15) is 4.79 Å². The number of aromatic amines is 1. The molecule has 2 aromatic heterocycles. The number of nitrogens with zero attached hydrogens (tertiary/aromatic N) is 4. The zero-order chi connectivity index (χ0) is 20.5. The van der Waals surface area contributed by atoms with Gasteiger partial charge in [-0.25, -0.2) is 9.97 Å². The normalized spacial score (nSPS) is 14.8. The van der Waals surface area contributed by atoms with Gasteiger partial charge < -0.3 is 14.8 Å². The molecule has 0 atom stereocenters. The monoisotopic (exact) mass is 437 g/mol. The molecule has 1 fully saturated rings. The van der Waals surface area contributed by atoms with Crippen LogP contribution in [0.4, 0.5) is 5.95 Å². The largest absolute Gasteiger partial charge is 0.341 e. The molecule has 0 saturated carbocycles. The molecular weight excluding hydrogens is 418 g/mol. The lowest BCUT2D eigenvalue weighted by Crippen LogP contribution is -2.35. The zero-order valence-corrected chi connectivity index (χ0v) is 17.8. The van der Waals surface area contributed by atoms with Crippen molar-refractivity contribution >= 4 is 45.8 Å². The van der Waals surface area contributed by atoms with Crippen molar-refractivity contribution in [3.8, 4) is 10.6 Å². The van der Waals surface area contributed by atoms with Crippen LogP contribution in [0.3, 0.4) is 0 Å². The Hall–Kier alpha value is -2.90. The number of rotatable bonds is 3. The Kier molecular flexibility index (Phi) is 5.14. The van der Waals surface area contributed by atoms with Crippen molar-refractivity contribution in [2.75, 3.05) is 31.1 Å². The second-order valence-electron chi connectivity index (χ2n) is 7.22. The van der Waals surface area contributed by atoms with Crippen LogP contribution in [0.15, 0.2) is 54.7 Å². The van der Waals surface area contributed by atoms with Crippen molar-refractivity contribution in [3.05, 3.63) is 64.6 Å². The molecule has 5 rings (SSSR count). The van der Waals surface area contributed by atoms with Crippen LogP contribution >= 0.6 is 22.9 Å². The van der Waals surface area contributed by atoms with Gasteiger partial charge in [-0.15, -0.1) is 11.3 Å². The van der Waals surface area contributed by atoms with Crippen molar-refractivity contribution in [2.45, 2.75) is 6.42 Å². The van der Waals surface area contributed by atoms with Gasteiger partial charge >= 0.3 is 0 Å². The van der Waals surface area contributed by atoms with Gasteiger partial charge in [0.15, 0.2) is 0 Å². The molecule has 2 aromatic carbocycles. The number of thiazole rings is 1. The topological polar surface area (TPSA) is 65.1 Å². The molecule has 4 aromatic rings. The van der Waals surface area contributed by atoms with E-state index in [1.165, 1.54) is 11.3 Å². The van der Waals surface area contributed by atoms with Gasteiger partial charge in [-0.3, -0.25) is 4.79 Å². The van der Waals surface area contributed by atoms with E-state index in [0.717, 1.165) is 53.6 Å². The van der Waals surface area contributed by atoms with E-state index in [4.69, 9.17) is 16.6 Å². The van der Waals surface area contributed by atoms with Crippen LogP contribution in [-0.4, -0.2) is 51.9 Å². The van der Waals surface area contributed by atoms with Gasteiger partial charge in [-0.2, -0.15) is 0 Å². The predicted octanol–water partition coefficient (Wildman–Crippen LogP) is 4.69. The summed E-state index contributed by atoms with van der Waals surface area (Å²) >= 11 is 7.67. The van der Waals surface area contributed by atoms with E-state index in [2.05, 4.69) is 14.9 Å². The van der Waals surface area contributed by atoms with Gasteiger partial charge in [0.2, 0.25) is 5.95 Å². The lowest BCUT2D eigenvalue weighted by atomic mass is 10.2. The first-order chi connectivity index (χ1) is 14.7. The number of amides is 1. The molecule has 152 valence electrons. The van der Waals surface area contributed by atoms with Crippen LogP contribution in [-0.2, 0) is 0 Å². The van der Waals surface area contributed by atoms with Crippen molar-refractivity contribution in [2.24, 2.45) is 0 Å². The maximum Gasteiger partial charge on any atom is 0.265 e. The number of hydrogen-bond donors (Lipinski definition) is 1. The highest BCUT2D eigenvalue weighted by molar-refractivity contribution is 7.17. The Labute approximate surface area is 183 Å². The van der Waals surface area contributed by atoms with E-state index in [0.29, 0.717) is 16.4 Å². The zero-order valence-electron chi connectivity index (χ0n) is 16.2. The molecule has 6 nitrogen and oxygen atoms in total. The number of fused-ring (bicyclic) bond motifs is 1. The minimum Gasteiger partial charge on any atom is -0.341 e. The second-order valence-corrected chi connectivity index (χ2v) is 8.66. The van der Waals surface area contributed by atoms with Gasteiger partial charge in [-0.1, -0.05) is 41.9 Å². The summed E-state index contributed by atoms with van der Waals surface area (Å²) < 4.78 is 0. The molecule has 1 N–H and O–H groups in total. The Bertz CT molecular complexity index is 1170. The first kappa shape index (κ1) is 19.1. The third kappa shape index (κ3) is 3.66. The number of anilines is 1. The number of imidazole rings is 1. The Morgan fingerprint density at radius 3 is 2.73 bits per heavy atom. The Morgan fingerprint density at radius 1 is 1.03 bits per heavy atom. The fourth-order valence-electron chi connectivity index (χ4n) is 3.71. The molecule has 0 bridgehead atoms. The molecule has 1 aliphatic rings. The van der Waals surface area contributed by atoms with Crippen LogP contribution in [0.1, 0.15) is 16.1 Å². The van der Waals surface area contributed by atoms with Gasteiger partial charge in [0.25, 0.3) is 5.91 Å². The average Bonchev–Trinajstić information content (AvgIpc) is 3.35. The van der Waals surface area contributed by atoms with Gasteiger partial charge in [0.1, 0.15) is 9.88 Å². The fraction of sp³-hybridized carbons (Fsp3) is 0.227. The maximum absolute atomic E-state index is 13.1. The van der Waals surface area contributed by atoms with Crippen LogP contribution in [0.2, 0.25) is 5.02 Å². The summed E-state index contributed by atoms with van der Waals surface area (Å²) in [6.45, 7) is 2.96. The minimum absolute atomic E-state index is 0.0252. The number of nitrogens with one attached hydrogen (secondary N) is 1. The molecule has 30 heavy (non-hydrogen) atoms. The standard InChI is InChI=1S/C22H20ClN5OS/c23-16-7-2-1-6-15(16)20-24-14-19(30-20)21(29)27-10-5-11-28(13-12-27)22-25-17-8-3-4-9-18(17)26-22/h1-4,6-9,14H,5,10-13H2,(H,25,26). The first-order valence-electron chi connectivity index (χ1n) is 9.89. The summed E-state index contributed by atoms with van der Waals surface area (Å²) in [7, 11) is 0. The van der Waals surface area contributed by atoms with Gasteiger partial charge in [-0.05, 0) is 24.6 Å². The molecule has 0 radical (unpaired) electrons. The van der Waals surface area contributed by atoms with Crippen LogP contribution < -0.4 is 4.90 Å². The SMILES string of the molecule is O=C(c1cnc(-c2ccccc2Cl)s1)N1CCCN(c2nc3ccccc3[nH]2)CC1. The number of benzene rings is 2. The molecule has 0 spiro atoms. The van der Waals surface area contributed by atoms with Gasteiger partial charge in [0, 0.05) is 31.7 Å². The molecule has 8 heteroatoms. The predicted molar refractivity (Wildman–Crippen MR) is 121 cm³/mol. The van der Waals surface area contributed by atoms with Gasteiger partial charge in [0.05, 0.1) is 22.3 Å². The van der Waals surface area contributed by atoms with E-state index < -0.39 is 0 Å². The molecule has 0 unspecified atom stereocenters. The highest BCUT2D eigenvalue weighted by Gasteiger charge is 2.23. The van der Waals surface area contributed by atoms with E-state index in [1.54, 1.807) is 6.20 Å². The highest BCUT2D eigenvalue weighted by Crippen LogP contribution is 2.31. The number of para-hydroxylation sites is 2. The lowest BCUT2D eigenvalue weighted by molar-refractivity contribution is 0.0771. The first-order valence-corrected chi connectivity index (χ1v) is 11.1. The molecule has 0 aliphatic carbocycles. The molecule has 1 amide bonds. The van der Waals surface area contributed by atoms with E-state index in [-0.39, 0.29) is 5.91 Å². The fourth-order valence-corrected chi connectivity index (χ4v) is 4.91. The van der Waals surface area contributed by atoms with Crippen molar-refractivity contribution in [1.82, 2.24) is 19.9 Å². The number of carbonyl (C=O) groups is 1. The molecular formula is C22H20ClN5OS. The minimum atomic E-state index is 0.0252. The third-order valence-electron chi connectivity index (χ3n) is 5.28. The summed E-state index contributed by atoms with van der Waals surface area (Å²) in [6, 6.07) is 15.6. The number of carbonyl (C=O) groups excluding carboxylic acids is 1. The quantitative estimate of drug-likeness (QED) is 0.505. The van der Waals surface area contributed by atoms with Crippen LogP contribution in [0.5, 0.6) is 0 Å². The van der Waals surface area contributed by atoms with Crippen molar-refractivity contribution < 1.29 is 4.79 Å². The van der Waals surface area contributed by atoms with Crippen molar-refractivity contribution in [3.63, 3.8) is 0 Å². The average molecular weight is 438 g/mol. The lowest BCUT2D eigenvalue weighted by Gasteiger charge is -2.21. The Balaban J connectivity index is 1.30.